The Morgan fingerprint density at radius 2 is 2.38 bits per heavy atom. The largest absolute Gasteiger partial charge is 0.214 e. The van der Waals surface area contributed by atoms with Crippen molar-refractivity contribution in [1.29, 1.82) is 0 Å². The van der Waals surface area contributed by atoms with E-state index < -0.39 is 0 Å². The van der Waals surface area contributed by atoms with Crippen molar-refractivity contribution < 1.29 is 4.58 Å². The van der Waals surface area contributed by atoms with Gasteiger partial charge in [-0.1, -0.05) is 6.92 Å². The fourth-order valence-corrected chi connectivity index (χ4v) is 0.729. The van der Waals surface area contributed by atoms with Crippen LogP contribution in [0.4, 0.5) is 0 Å². The zero-order valence-electron chi connectivity index (χ0n) is 5.42. The molecule has 0 aromatic carbocycles. The molecule has 0 aliphatic heterocycles. The van der Waals surface area contributed by atoms with Gasteiger partial charge < -0.3 is 0 Å². The third-order valence-corrected chi connectivity index (χ3v) is 1.23. The molecule has 0 rings (SSSR count). The molecule has 0 radical (unpaired) electrons. The molecule has 0 fully saturated rings. The first-order valence-electron chi connectivity index (χ1n) is 2.59. The van der Waals surface area contributed by atoms with Gasteiger partial charge in [0.25, 0.3) is 0 Å². The monoisotopic (exact) mass is 130 g/mol. The molecule has 0 aliphatic carbocycles. The molecule has 46 valence electrons. The molecule has 0 amide bonds. The Balaban J connectivity index is 3.20. The van der Waals surface area contributed by atoms with Gasteiger partial charge in [0, 0.05) is 5.41 Å². The molecule has 0 heterocycles. The van der Waals surface area contributed by atoms with Crippen LogP contribution in [0.2, 0.25) is 0 Å². The minimum absolute atomic E-state index is 1.13. The van der Waals surface area contributed by atoms with Crippen molar-refractivity contribution in [2.45, 2.75) is 6.92 Å². The van der Waals surface area contributed by atoms with Gasteiger partial charge in [0.1, 0.15) is 13.8 Å². The number of nitrogens with zero attached hydrogens (tertiary/aromatic N) is 1. The molecule has 1 nitrogen and oxygen atoms in total. The second-order valence-corrected chi connectivity index (χ2v) is 2.68. The van der Waals surface area contributed by atoms with E-state index >= 15 is 0 Å². The summed E-state index contributed by atoms with van der Waals surface area (Å²) in [7, 11) is 1.91. The number of hydrogen-bond donors (Lipinski definition) is 0. The second kappa shape index (κ2) is 4.91. The van der Waals surface area contributed by atoms with E-state index in [1.54, 1.807) is 16.3 Å². The van der Waals surface area contributed by atoms with Crippen molar-refractivity contribution in [1.82, 2.24) is 0 Å². The quantitative estimate of drug-likeness (QED) is 0.414. The van der Waals surface area contributed by atoms with Gasteiger partial charge in [-0.15, -0.1) is 11.8 Å². The summed E-state index contributed by atoms with van der Waals surface area (Å²) in [5, 5.41) is 2.03. The van der Waals surface area contributed by atoms with Crippen LogP contribution in [0.5, 0.6) is 0 Å². The molecule has 0 aromatic heterocycles. The highest BCUT2D eigenvalue weighted by Gasteiger charge is 1.76. The molecule has 2 heteroatoms. The first-order chi connectivity index (χ1) is 3.77. The van der Waals surface area contributed by atoms with Crippen molar-refractivity contribution in [2.24, 2.45) is 0 Å². The van der Waals surface area contributed by atoms with Gasteiger partial charge in [-0.25, -0.2) is 4.58 Å². The van der Waals surface area contributed by atoms with Gasteiger partial charge in [0.2, 0.25) is 0 Å². The van der Waals surface area contributed by atoms with E-state index in [1.807, 2.05) is 18.7 Å². The average molecular weight is 130 g/mol. The normalized spacial score (nSPS) is 10.2. The number of rotatable bonds is 3. The van der Waals surface area contributed by atoms with E-state index in [0.29, 0.717) is 0 Å². The zero-order valence-corrected chi connectivity index (χ0v) is 6.24. The van der Waals surface area contributed by atoms with E-state index in [1.165, 1.54) is 0 Å². The SMILES string of the molecule is C=[N+](C)C=CSCC. The summed E-state index contributed by atoms with van der Waals surface area (Å²) in [4.78, 5) is 0. The minimum Gasteiger partial charge on any atom is -0.214 e. The summed E-state index contributed by atoms with van der Waals surface area (Å²) in [5.74, 6) is 1.13. The first-order valence-corrected chi connectivity index (χ1v) is 3.64. The molecule has 0 spiro atoms. The summed E-state index contributed by atoms with van der Waals surface area (Å²) in [6, 6.07) is 0. The molecule has 0 saturated heterocycles. The third-order valence-electron chi connectivity index (χ3n) is 0.578. The van der Waals surface area contributed by atoms with Crippen LogP contribution >= 0.6 is 11.8 Å². The van der Waals surface area contributed by atoms with Crippen LogP contribution in [-0.2, 0) is 0 Å². The van der Waals surface area contributed by atoms with E-state index in [4.69, 9.17) is 0 Å². The Morgan fingerprint density at radius 1 is 1.75 bits per heavy atom. The van der Waals surface area contributed by atoms with E-state index in [9.17, 15) is 0 Å². The lowest BCUT2D eigenvalue weighted by Crippen LogP contribution is -1.86. The topological polar surface area (TPSA) is 3.01 Å². The molecular formula is C6H12NS+. The molecule has 0 N–H and O–H groups in total. The average Bonchev–Trinajstić information content (AvgIpc) is 1.66. The van der Waals surface area contributed by atoms with Gasteiger partial charge in [0.15, 0.2) is 6.20 Å². The predicted molar refractivity (Wildman–Crippen MR) is 40.6 cm³/mol. The van der Waals surface area contributed by atoms with Crippen molar-refractivity contribution in [3.05, 3.63) is 11.6 Å². The highest BCUT2D eigenvalue weighted by atomic mass is 32.2. The smallest absolute Gasteiger partial charge is 0.174 e. The van der Waals surface area contributed by atoms with Crippen LogP contribution in [0.25, 0.3) is 0 Å². The standard InChI is InChI=1S/C6H12NS/c1-4-8-6-5-7(2)3/h5-6H,2,4H2,1,3H3/q+1. The van der Waals surface area contributed by atoms with Crippen LogP contribution in [-0.4, -0.2) is 24.1 Å². The maximum atomic E-state index is 3.64. The van der Waals surface area contributed by atoms with Gasteiger partial charge in [-0.2, -0.15) is 0 Å². The highest BCUT2D eigenvalue weighted by molar-refractivity contribution is 8.02. The van der Waals surface area contributed by atoms with Crippen molar-refractivity contribution in [2.75, 3.05) is 12.8 Å². The molecule has 0 unspecified atom stereocenters. The Kier molecular flexibility index (Phi) is 4.76. The fourth-order valence-electron chi connectivity index (χ4n) is 0.243. The van der Waals surface area contributed by atoms with Crippen molar-refractivity contribution in [3.8, 4) is 0 Å². The van der Waals surface area contributed by atoms with Gasteiger partial charge in [-0.05, 0) is 5.75 Å². The highest BCUT2D eigenvalue weighted by Crippen LogP contribution is 1.98. The molecule has 8 heavy (non-hydrogen) atoms. The third kappa shape index (κ3) is 5.76. The summed E-state index contributed by atoms with van der Waals surface area (Å²) in [6.07, 6.45) is 1.94. The lowest BCUT2D eigenvalue weighted by Gasteiger charge is -1.80. The van der Waals surface area contributed by atoms with Gasteiger partial charge in [0.05, 0.1) is 0 Å². The molecule has 0 bridgehead atoms. The Bertz CT molecular complexity index is 96.7. The predicted octanol–water partition coefficient (Wildman–Crippen LogP) is 1.55. The molecule has 0 atom stereocenters. The maximum Gasteiger partial charge on any atom is 0.174 e. The van der Waals surface area contributed by atoms with Crippen LogP contribution in [0.15, 0.2) is 11.6 Å². The van der Waals surface area contributed by atoms with Crippen LogP contribution in [0, 0.1) is 0 Å². The van der Waals surface area contributed by atoms with Gasteiger partial charge >= 0.3 is 0 Å². The van der Waals surface area contributed by atoms with E-state index in [-0.39, 0.29) is 0 Å². The molecule has 0 aromatic rings. The van der Waals surface area contributed by atoms with E-state index in [0.717, 1.165) is 5.75 Å². The minimum atomic E-state index is 1.13. The number of hydrogen-bond acceptors (Lipinski definition) is 1. The maximum absolute atomic E-state index is 3.64. The molecule has 0 aliphatic rings. The van der Waals surface area contributed by atoms with Crippen molar-refractivity contribution in [3.63, 3.8) is 0 Å². The van der Waals surface area contributed by atoms with Crippen molar-refractivity contribution >= 4 is 18.5 Å². The van der Waals surface area contributed by atoms with Gasteiger partial charge in [-0.3, -0.25) is 0 Å². The Hall–Kier alpha value is -0.240. The summed E-state index contributed by atoms with van der Waals surface area (Å²) in [5.41, 5.74) is 0. The Morgan fingerprint density at radius 3 is 2.75 bits per heavy atom. The second-order valence-electron chi connectivity index (χ2n) is 1.50. The summed E-state index contributed by atoms with van der Waals surface area (Å²) < 4.78 is 1.78. The number of thioether (sulfide) groups is 1. The fraction of sp³-hybridized carbons (Fsp3) is 0.500. The summed E-state index contributed by atoms with van der Waals surface area (Å²) in [6.45, 7) is 5.77. The van der Waals surface area contributed by atoms with E-state index in [2.05, 4.69) is 13.6 Å². The lowest BCUT2D eigenvalue weighted by atomic mass is 10.9. The molecular weight excluding hydrogens is 118 g/mol. The zero-order chi connectivity index (χ0) is 6.41. The first kappa shape index (κ1) is 7.76. The van der Waals surface area contributed by atoms with Crippen LogP contribution in [0.1, 0.15) is 6.92 Å². The Labute approximate surface area is 55.1 Å². The van der Waals surface area contributed by atoms with Crippen LogP contribution in [0.3, 0.4) is 0 Å². The lowest BCUT2D eigenvalue weighted by molar-refractivity contribution is -0.411. The molecule has 0 saturated carbocycles. The summed E-state index contributed by atoms with van der Waals surface area (Å²) >= 11 is 1.77. The van der Waals surface area contributed by atoms with Crippen LogP contribution < -0.4 is 0 Å².